The van der Waals surface area contributed by atoms with E-state index < -0.39 is 0 Å². The summed E-state index contributed by atoms with van der Waals surface area (Å²) in [6.45, 7) is 4.54. The minimum Gasteiger partial charge on any atom is -0.399 e. The molecule has 0 aliphatic carbocycles. The number of nitrogen functional groups attached to an aromatic ring is 1. The highest BCUT2D eigenvalue weighted by Crippen LogP contribution is 2.22. The molecule has 2 aromatic carbocycles. The van der Waals surface area contributed by atoms with Crippen LogP contribution >= 0.6 is 11.6 Å². The summed E-state index contributed by atoms with van der Waals surface area (Å²) in [7, 11) is 0. The van der Waals surface area contributed by atoms with E-state index in [-0.39, 0.29) is 11.9 Å². The maximum atomic E-state index is 12.7. The summed E-state index contributed by atoms with van der Waals surface area (Å²) in [6, 6.07) is 15.0. The van der Waals surface area contributed by atoms with Gasteiger partial charge >= 0.3 is 0 Å². The van der Waals surface area contributed by atoms with Gasteiger partial charge in [0.15, 0.2) is 0 Å². The topological polar surface area (TPSA) is 46.3 Å². The first-order valence-corrected chi connectivity index (χ1v) is 7.26. The van der Waals surface area contributed by atoms with Gasteiger partial charge in [0.1, 0.15) is 0 Å². The van der Waals surface area contributed by atoms with Crippen molar-refractivity contribution in [3.8, 4) is 0 Å². The van der Waals surface area contributed by atoms with Crippen LogP contribution in [0.1, 0.15) is 29.8 Å². The number of amides is 1. The van der Waals surface area contributed by atoms with Crippen LogP contribution in [-0.4, -0.2) is 16.8 Å². The number of rotatable bonds is 4. The van der Waals surface area contributed by atoms with Crippen molar-refractivity contribution in [1.82, 2.24) is 4.90 Å². The number of nitrogens with zero attached hydrogens (tertiary/aromatic N) is 1. The highest BCUT2D eigenvalue weighted by Gasteiger charge is 2.21. The third-order valence-corrected chi connectivity index (χ3v) is 3.62. The lowest BCUT2D eigenvalue weighted by atomic mass is 10.1. The minimum atomic E-state index is -0.0844. The van der Waals surface area contributed by atoms with E-state index in [0.717, 1.165) is 5.56 Å². The zero-order valence-corrected chi connectivity index (χ0v) is 13.0. The zero-order chi connectivity index (χ0) is 15.4. The van der Waals surface area contributed by atoms with Gasteiger partial charge in [-0.1, -0.05) is 41.9 Å². The van der Waals surface area contributed by atoms with Gasteiger partial charge in [0.05, 0.1) is 10.6 Å². The summed E-state index contributed by atoms with van der Waals surface area (Å²) in [5.41, 5.74) is 7.80. The number of nitrogens with two attached hydrogens (primary N) is 1. The number of halogens is 1. The number of anilines is 1. The van der Waals surface area contributed by atoms with Crippen molar-refractivity contribution in [2.75, 3.05) is 5.73 Å². The largest absolute Gasteiger partial charge is 0.399 e. The third-order valence-electron chi connectivity index (χ3n) is 3.30. The van der Waals surface area contributed by atoms with Gasteiger partial charge in [0.2, 0.25) is 0 Å². The molecule has 0 bridgehead atoms. The molecule has 0 saturated heterocycles. The lowest BCUT2D eigenvalue weighted by Crippen LogP contribution is -2.36. The molecule has 0 spiro atoms. The Morgan fingerprint density at radius 3 is 2.43 bits per heavy atom. The maximum Gasteiger partial charge on any atom is 0.255 e. The standard InChI is InChI=1S/C17H19ClN2O/c1-12(2)20(11-13-6-4-3-5-7-13)17(21)15-9-8-14(19)10-16(15)18/h3-10,12H,11,19H2,1-2H3. The van der Waals surface area contributed by atoms with Gasteiger partial charge in [0, 0.05) is 18.3 Å². The second kappa shape index (κ2) is 6.64. The van der Waals surface area contributed by atoms with E-state index in [1.165, 1.54) is 0 Å². The molecule has 0 aliphatic rings. The normalized spacial score (nSPS) is 10.7. The molecule has 0 saturated carbocycles. The van der Waals surface area contributed by atoms with Crippen LogP contribution in [0.15, 0.2) is 48.5 Å². The average Bonchev–Trinajstić information content (AvgIpc) is 2.45. The SMILES string of the molecule is CC(C)N(Cc1ccccc1)C(=O)c1ccc(N)cc1Cl. The molecule has 0 aliphatic heterocycles. The van der Waals surface area contributed by atoms with Gasteiger partial charge in [-0.2, -0.15) is 0 Å². The van der Waals surface area contributed by atoms with Crippen LogP contribution in [-0.2, 0) is 6.54 Å². The second-order valence-electron chi connectivity index (χ2n) is 5.25. The zero-order valence-electron chi connectivity index (χ0n) is 12.2. The Morgan fingerprint density at radius 2 is 1.86 bits per heavy atom. The lowest BCUT2D eigenvalue weighted by Gasteiger charge is -2.27. The van der Waals surface area contributed by atoms with Crippen LogP contribution in [0.4, 0.5) is 5.69 Å². The van der Waals surface area contributed by atoms with Crippen LogP contribution in [0.3, 0.4) is 0 Å². The Hall–Kier alpha value is -2.00. The van der Waals surface area contributed by atoms with Crippen molar-refractivity contribution < 1.29 is 4.79 Å². The number of carbonyl (C=O) groups excluding carboxylic acids is 1. The van der Waals surface area contributed by atoms with Crippen LogP contribution < -0.4 is 5.73 Å². The first-order chi connectivity index (χ1) is 9.99. The monoisotopic (exact) mass is 302 g/mol. The highest BCUT2D eigenvalue weighted by atomic mass is 35.5. The molecule has 2 aromatic rings. The quantitative estimate of drug-likeness (QED) is 0.869. The maximum absolute atomic E-state index is 12.7. The Kier molecular flexibility index (Phi) is 4.86. The average molecular weight is 303 g/mol. The van der Waals surface area contributed by atoms with Gasteiger partial charge in [-0.3, -0.25) is 4.79 Å². The van der Waals surface area contributed by atoms with Crippen LogP contribution in [0.2, 0.25) is 5.02 Å². The van der Waals surface area contributed by atoms with E-state index in [2.05, 4.69) is 0 Å². The van der Waals surface area contributed by atoms with Crippen LogP contribution in [0.5, 0.6) is 0 Å². The fraction of sp³-hybridized carbons (Fsp3) is 0.235. The molecule has 0 atom stereocenters. The van der Waals surface area contributed by atoms with Crippen molar-refractivity contribution in [2.24, 2.45) is 0 Å². The third kappa shape index (κ3) is 3.76. The van der Waals surface area contributed by atoms with Crippen molar-refractivity contribution in [2.45, 2.75) is 26.4 Å². The number of benzene rings is 2. The molecule has 0 heterocycles. The van der Waals surface area contributed by atoms with Crippen molar-refractivity contribution in [3.63, 3.8) is 0 Å². The first kappa shape index (κ1) is 15.4. The smallest absolute Gasteiger partial charge is 0.255 e. The Balaban J connectivity index is 2.27. The van der Waals surface area contributed by atoms with Gasteiger partial charge < -0.3 is 10.6 Å². The Labute approximate surface area is 130 Å². The predicted octanol–water partition coefficient (Wildman–Crippen LogP) is 3.97. The van der Waals surface area contributed by atoms with E-state index in [4.69, 9.17) is 17.3 Å². The molecule has 1 amide bonds. The van der Waals surface area contributed by atoms with Crippen molar-refractivity contribution in [3.05, 3.63) is 64.7 Å². The van der Waals surface area contributed by atoms with Crippen LogP contribution in [0.25, 0.3) is 0 Å². The minimum absolute atomic E-state index is 0.0753. The molecule has 2 rings (SSSR count). The molecule has 0 fully saturated rings. The molecule has 4 heteroatoms. The van der Waals surface area contributed by atoms with E-state index in [1.54, 1.807) is 23.1 Å². The lowest BCUT2D eigenvalue weighted by molar-refractivity contribution is 0.0690. The molecule has 3 nitrogen and oxygen atoms in total. The summed E-state index contributed by atoms with van der Waals surface area (Å²) in [5.74, 6) is -0.0844. The van der Waals surface area contributed by atoms with Gasteiger partial charge in [-0.15, -0.1) is 0 Å². The predicted molar refractivity (Wildman–Crippen MR) is 87.3 cm³/mol. The molecule has 0 unspecified atom stereocenters. The van der Waals surface area contributed by atoms with E-state index in [1.807, 2.05) is 44.2 Å². The fourth-order valence-electron chi connectivity index (χ4n) is 2.13. The number of carbonyl (C=O) groups is 1. The number of hydrogen-bond acceptors (Lipinski definition) is 2. The Bertz CT molecular complexity index is 626. The molecule has 0 aromatic heterocycles. The van der Waals surface area contributed by atoms with Crippen molar-refractivity contribution in [1.29, 1.82) is 0 Å². The first-order valence-electron chi connectivity index (χ1n) is 6.89. The summed E-state index contributed by atoms with van der Waals surface area (Å²) >= 11 is 6.15. The van der Waals surface area contributed by atoms with E-state index in [0.29, 0.717) is 22.8 Å². The van der Waals surface area contributed by atoms with E-state index in [9.17, 15) is 4.79 Å². The van der Waals surface area contributed by atoms with E-state index >= 15 is 0 Å². The molecule has 21 heavy (non-hydrogen) atoms. The van der Waals surface area contributed by atoms with Crippen molar-refractivity contribution >= 4 is 23.2 Å². The Morgan fingerprint density at radius 1 is 1.19 bits per heavy atom. The molecular weight excluding hydrogens is 284 g/mol. The molecular formula is C17H19ClN2O. The molecule has 2 N–H and O–H groups in total. The van der Waals surface area contributed by atoms with Crippen LogP contribution in [0, 0.1) is 0 Å². The second-order valence-corrected chi connectivity index (χ2v) is 5.66. The summed E-state index contributed by atoms with van der Waals surface area (Å²) in [4.78, 5) is 14.5. The summed E-state index contributed by atoms with van der Waals surface area (Å²) in [6.07, 6.45) is 0. The fourth-order valence-corrected chi connectivity index (χ4v) is 2.40. The molecule has 110 valence electrons. The van der Waals surface area contributed by atoms with Gasteiger partial charge in [-0.05, 0) is 37.6 Å². The molecule has 0 radical (unpaired) electrons. The van der Waals surface area contributed by atoms with Gasteiger partial charge in [-0.25, -0.2) is 0 Å². The highest BCUT2D eigenvalue weighted by molar-refractivity contribution is 6.34. The summed E-state index contributed by atoms with van der Waals surface area (Å²) in [5, 5.41) is 0.388. The number of hydrogen-bond donors (Lipinski definition) is 1. The van der Waals surface area contributed by atoms with Gasteiger partial charge in [0.25, 0.3) is 5.91 Å². The summed E-state index contributed by atoms with van der Waals surface area (Å²) < 4.78 is 0.